The lowest BCUT2D eigenvalue weighted by Gasteiger charge is -2.32. The average molecular weight is 332 g/mol. The van der Waals surface area contributed by atoms with Crippen LogP contribution in [-0.4, -0.2) is 48.1 Å². The molecule has 6 nitrogen and oxygen atoms in total. The zero-order valence-electron chi connectivity index (χ0n) is 14.2. The van der Waals surface area contributed by atoms with Crippen LogP contribution in [0, 0.1) is 5.92 Å². The summed E-state index contributed by atoms with van der Waals surface area (Å²) in [7, 11) is 0. The predicted molar refractivity (Wildman–Crippen MR) is 92.0 cm³/mol. The Morgan fingerprint density at radius 3 is 3.00 bits per heavy atom. The lowest BCUT2D eigenvalue weighted by atomic mass is 10.0. The molecular formula is C18H28N4O2. The quantitative estimate of drug-likeness (QED) is 0.792. The van der Waals surface area contributed by atoms with Gasteiger partial charge in [-0.2, -0.15) is 0 Å². The standard InChI is InChI=1S/C18H28N4O2/c23-18(8-3-5-15-11-20-21-12-15)22-10-4-7-17(13-22)24-14-16-6-1-2-9-19-16/h1-2,6,9,15,17,20-21H,3-5,7-8,10-14H2. The van der Waals surface area contributed by atoms with Gasteiger partial charge in [0, 0.05) is 38.8 Å². The zero-order chi connectivity index (χ0) is 16.6. The summed E-state index contributed by atoms with van der Waals surface area (Å²) >= 11 is 0. The second-order valence-electron chi connectivity index (χ2n) is 6.76. The minimum Gasteiger partial charge on any atom is -0.370 e. The van der Waals surface area contributed by atoms with Crippen molar-refractivity contribution in [2.24, 2.45) is 5.92 Å². The van der Waals surface area contributed by atoms with Gasteiger partial charge in [-0.3, -0.25) is 20.6 Å². The molecule has 1 amide bonds. The highest BCUT2D eigenvalue weighted by atomic mass is 16.5. The third-order valence-electron chi connectivity index (χ3n) is 4.83. The Balaban J connectivity index is 1.37. The fourth-order valence-electron chi connectivity index (χ4n) is 3.40. The molecule has 1 aromatic rings. The summed E-state index contributed by atoms with van der Waals surface area (Å²) in [5.41, 5.74) is 7.22. The van der Waals surface area contributed by atoms with E-state index >= 15 is 0 Å². The second kappa shape index (κ2) is 9.11. The number of likely N-dealkylation sites (tertiary alicyclic amines) is 1. The van der Waals surface area contributed by atoms with Gasteiger partial charge in [0.2, 0.25) is 5.91 Å². The highest BCUT2D eigenvalue weighted by Gasteiger charge is 2.24. The van der Waals surface area contributed by atoms with Crippen LogP contribution >= 0.6 is 0 Å². The Morgan fingerprint density at radius 2 is 2.21 bits per heavy atom. The molecule has 2 N–H and O–H groups in total. The molecule has 6 heteroatoms. The van der Waals surface area contributed by atoms with Gasteiger partial charge in [0.05, 0.1) is 18.4 Å². The normalized spacial score (nSPS) is 22.0. The molecule has 0 aliphatic carbocycles. The van der Waals surface area contributed by atoms with Crippen molar-refractivity contribution in [3.8, 4) is 0 Å². The van der Waals surface area contributed by atoms with E-state index in [1.54, 1.807) is 6.20 Å². The van der Waals surface area contributed by atoms with Gasteiger partial charge in [-0.15, -0.1) is 0 Å². The summed E-state index contributed by atoms with van der Waals surface area (Å²) in [6.07, 6.45) is 6.70. The first kappa shape index (κ1) is 17.3. The highest BCUT2D eigenvalue weighted by molar-refractivity contribution is 5.76. The molecule has 0 radical (unpaired) electrons. The number of aromatic nitrogens is 1. The van der Waals surface area contributed by atoms with E-state index < -0.39 is 0 Å². The number of nitrogens with zero attached hydrogens (tertiary/aromatic N) is 2. The van der Waals surface area contributed by atoms with E-state index in [9.17, 15) is 4.79 Å². The number of nitrogens with one attached hydrogen (secondary N) is 2. The van der Waals surface area contributed by atoms with Crippen molar-refractivity contribution in [1.82, 2.24) is 20.7 Å². The average Bonchev–Trinajstić information content (AvgIpc) is 3.14. The fraction of sp³-hybridized carbons (Fsp3) is 0.667. The third kappa shape index (κ3) is 5.26. The lowest BCUT2D eigenvalue weighted by Crippen LogP contribution is -2.43. The van der Waals surface area contributed by atoms with Gasteiger partial charge in [-0.05, 0) is 43.7 Å². The number of rotatable bonds is 7. The van der Waals surface area contributed by atoms with Gasteiger partial charge in [0.25, 0.3) is 0 Å². The van der Waals surface area contributed by atoms with Gasteiger partial charge < -0.3 is 9.64 Å². The predicted octanol–water partition coefficient (Wildman–Crippen LogP) is 1.48. The molecule has 132 valence electrons. The molecule has 3 heterocycles. The first-order valence-electron chi connectivity index (χ1n) is 9.06. The van der Waals surface area contributed by atoms with Crippen LogP contribution in [0.3, 0.4) is 0 Å². The molecule has 1 unspecified atom stereocenters. The molecule has 0 bridgehead atoms. The van der Waals surface area contributed by atoms with Gasteiger partial charge in [-0.25, -0.2) is 0 Å². The van der Waals surface area contributed by atoms with Gasteiger partial charge in [-0.1, -0.05) is 6.07 Å². The molecule has 2 aliphatic rings. The number of hydrazine groups is 1. The van der Waals surface area contributed by atoms with Crippen LogP contribution in [0.2, 0.25) is 0 Å². The van der Waals surface area contributed by atoms with Crippen molar-refractivity contribution < 1.29 is 9.53 Å². The number of carbonyl (C=O) groups excluding carboxylic acids is 1. The molecule has 0 aromatic carbocycles. The van der Waals surface area contributed by atoms with Crippen LogP contribution in [0.4, 0.5) is 0 Å². The Kier molecular flexibility index (Phi) is 6.57. The molecule has 0 spiro atoms. The lowest BCUT2D eigenvalue weighted by molar-refractivity contribution is -0.135. The van der Waals surface area contributed by atoms with E-state index in [2.05, 4.69) is 15.8 Å². The van der Waals surface area contributed by atoms with Crippen molar-refractivity contribution >= 4 is 5.91 Å². The van der Waals surface area contributed by atoms with Crippen LogP contribution in [0.25, 0.3) is 0 Å². The maximum atomic E-state index is 12.4. The van der Waals surface area contributed by atoms with Crippen LogP contribution in [0.5, 0.6) is 0 Å². The fourth-order valence-corrected chi connectivity index (χ4v) is 3.40. The number of amides is 1. The summed E-state index contributed by atoms with van der Waals surface area (Å²) in [6, 6.07) is 5.85. The minimum absolute atomic E-state index is 0.132. The number of hydrogen-bond acceptors (Lipinski definition) is 5. The van der Waals surface area contributed by atoms with E-state index in [0.717, 1.165) is 57.6 Å². The van der Waals surface area contributed by atoms with Crippen molar-refractivity contribution in [1.29, 1.82) is 0 Å². The molecule has 2 fully saturated rings. The Hall–Kier alpha value is -1.50. The zero-order valence-corrected chi connectivity index (χ0v) is 14.2. The van der Waals surface area contributed by atoms with Gasteiger partial charge in [0.1, 0.15) is 0 Å². The van der Waals surface area contributed by atoms with Crippen molar-refractivity contribution in [3.05, 3.63) is 30.1 Å². The summed E-state index contributed by atoms with van der Waals surface area (Å²) < 4.78 is 5.96. The number of piperidine rings is 1. The first-order chi connectivity index (χ1) is 11.8. The first-order valence-corrected chi connectivity index (χ1v) is 9.06. The smallest absolute Gasteiger partial charge is 0.222 e. The van der Waals surface area contributed by atoms with Crippen molar-refractivity contribution in [2.45, 2.75) is 44.8 Å². The van der Waals surface area contributed by atoms with Crippen LogP contribution in [-0.2, 0) is 16.1 Å². The maximum absolute atomic E-state index is 12.4. The maximum Gasteiger partial charge on any atom is 0.222 e. The van der Waals surface area contributed by atoms with E-state index in [4.69, 9.17) is 4.74 Å². The Morgan fingerprint density at radius 1 is 1.33 bits per heavy atom. The van der Waals surface area contributed by atoms with E-state index in [1.165, 1.54) is 0 Å². The van der Waals surface area contributed by atoms with Gasteiger partial charge >= 0.3 is 0 Å². The molecule has 2 saturated heterocycles. The largest absolute Gasteiger partial charge is 0.370 e. The molecule has 1 atom stereocenters. The topological polar surface area (TPSA) is 66.5 Å². The number of carbonyl (C=O) groups is 1. The summed E-state index contributed by atoms with van der Waals surface area (Å²) in [4.78, 5) is 18.7. The van der Waals surface area contributed by atoms with E-state index in [-0.39, 0.29) is 12.0 Å². The monoisotopic (exact) mass is 332 g/mol. The minimum atomic E-state index is 0.132. The third-order valence-corrected chi connectivity index (χ3v) is 4.83. The molecule has 3 rings (SSSR count). The SMILES string of the molecule is O=C(CCCC1CNNC1)N1CCCC(OCc2ccccn2)C1. The Bertz CT molecular complexity index is 505. The molecule has 0 saturated carbocycles. The molecule has 2 aliphatic heterocycles. The summed E-state index contributed by atoms with van der Waals surface area (Å²) in [5, 5.41) is 0. The number of pyridine rings is 1. The second-order valence-corrected chi connectivity index (χ2v) is 6.76. The molecule has 24 heavy (non-hydrogen) atoms. The number of ether oxygens (including phenoxy) is 1. The van der Waals surface area contributed by atoms with Crippen LogP contribution in [0.1, 0.15) is 37.8 Å². The molecule has 1 aromatic heterocycles. The van der Waals surface area contributed by atoms with Crippen molar-refractivity contribution in [3.63, 3.8) is 0 Å². The van der Waals surface area contributed by atoms with E-state index in [1.807, 2.05) is 23.1 Å². The summed E-state index contributed by atoms with van der Waals surface area (Å²) in [6.45, 7) is 4.14. The van der Waals surface area contributed by atoms with Crippen LogP contribution in [0.15, 0.2) is 24.4 Å². The van der Waals surface area contributed by atoms with E-state index in [0.29, 0.717) is 18.9 Å². The summed E-state index contributed by atoms with van der Waals surface area (Å²) in [5.74, 6) is 0.939. The Labute approximate surface area is 143 Å². The molecular weight excluding hydrogens is 304 g/mol. The van der Waals surface area contributed by atoms with Crippen LogP contribution < -0.4 is 10.9 Å². The number of hydrogen-bond donors (Lipinski definition) is 2. The van der Waals surface area contributed by atoms with Crippen molar-refractivity contribution in [2.75, 3.05) is 26.2 Å². The van der Waals surface area contributed by atoms with Gasteiger partial charge in [0.15, 0.2) is 0 Å². The highest BCUT2D eigenvalue weighted by Crippen LogP contribution is 2.17.